The molecule has 66 heavy (non-hydrogen) atoms. The lowest BCUT2D eigenvalue weighted by atomic mass is 10.0. The van der Waals surface area contributed by atoms with E-state index >= 15 is 0 Å². The summed E-state index contributed by atoms with van der Waals surface area (Å²) < 4.78 is 22.3. The van der Waals surface area contributed by atoms with Gasteiger partial charge in [-0.3, -0.25) is 29.8 Å². The fourth-order valence-electron chi connectivity index (χ4n) is 8.79. The molecule has 0 aromatic carbocycles. The van der Waals surface area contributed by atoms with E-state index in [-0.39, 0.29) is 36.7 Å². The molecular formula is C52H98N4O9S. The monoisotopic (exact) mass is 955 g/mol. The SMILES string of the molecule is CCCCCCCCOC(=O)CCN(CCCCCCOC(=O)CCCCC1SCC2NC(O)NC21)CCCN(CCC(=O)OCCCCCCCC)CCC(=O)OCCCCCCCC. The van der Waals surface area contributed by atoms with E-state index < -0.39 is 6.35 Å². The van der Waals surface area contributed by atoms with Crippen LogP contribution in [0.15, 0.2) is 0 Å². The van der Waals surface area contributed by atoms with Gasteiger partial charge >= 0.3 is 23.9 Å². The van der Waals surface area contributed by atoms with Crippen molar-refractivity contribution in [1.82, 2.24) is 20.4 Å². The quantitative estimate of drug-likeness (QED) is 0.0301. The lowest BCUT2D eigenvalue weighted by molar-refractivity contribution is -0.145. The van der Waals surface area contributed by atoms with Gasteiger partial charge in [-0.15, -0.1) is 0 Å². The summed E-state index contributed by atoms with van der Waals surface area (Å²) in [5.74, 6) is 0.354. The van der Waals surface area contributed by atoms with Crippen LogP contribution in [0.4, 0.5) is 0 Å². The molecule has 4 atom stereocenters. The van der Waals surface area contributed by atoms with Crippen molar-refractivity contribution in [3.63, 3.8) is 0 Å². The van der Waals surface area contributed by atoms with Crippen LogP contribution in [0, 0.1) is 0 Å². The Morgan fingerprint density at radius 1 is 0.455 bits per heavy atom. The molecule has 13 nitrogen and oxygen atoms in total. The fraction of sp³-hybridized carbons (Fsp3) is 0.923. The fourth-order valence-corrected chi connectivity index (χ4v) is 10.4. The topological polar surface area (TPSA) is 156 Å². The third kappa shape index (κ3) is 32.7. The van der Waals surface area contributed by atoms with Gasteiger partial charge in [0.05, 0.1) is 45.7 Å². The van der Waals surface area contributed by atoms with Gasteiger partial charge in [0.1, 0.15) is 0 Å². The summed E-state index contributed by atoms with van der Waals surface area (Å²) in [6, 6.07) is 0.623. The summed E-state index contributed by atoms with van der Waals surface area (Å²) in [5.41, 5.74) is 0. The average Bonchev–Trinajstić information content (AvgIpc) is 3.87. The molecular weight excluding hydrogens is 857 g/mol. The Morgan fingerprint density at radius 3 is 1.29 bits per heavy atom. The zero-order valence-corrected chi connectivity index (χ0v) is 43.1. The molecule has 0 aromatic heterocycles. The Morgan fingerprint density at radius 2 is 0.833 bits per heavy atom. The van der Waals surface area contributed by atoms with E-state index in [1.165, 1.54) is 77.0 Å². The molecule has 2 fully saturated rings. The maximum absolute atomic E-state index is 12.8. The molecule has 2 aliphatic heterocycles. The average molecular weight is 955 g/mol. The molecule has 2 aliphatic rings. The van der Waals surface area contributed by atoms with Crippen molar-refractivity contribution >= 4 is 35.6 Å². The van der Waals surface area contributed by atoms with Crippen LogP contribution < -0.4 is 10.6 Å². The number of thioether (sulfide) groups is 1. The van der Waals surface area contributed by atoms with Crippen LogP contribution in [-0.2, 0) is 38.1 Å². The van der Waals surface area contributed by atoms with Gasteiger partial charge in [-0.2, -0.15) is 11.8 Å². The Bertz CT molecular complexity index is 1180. The van der Waals surface area contributed by atoms with E-state index in [0.717, 1.165) is 115 Å². The Balaban J connectivity index is 1.79. The highest BCUT2D eigenvalue weighted by Crippen LogP contribution is 2.33. The molecule has 386 valence electrons. The van der Waals surface area contributed by atoms with Crippen molar-refractivity contribution in [1.29, 1.82) is 0 Å². The second-order valence-electron chi connectivity index (χ2n) is 18.9. The van der Waals surface area contributed by atoms with E-state index in [9.17, 15) is 24.3 Å². The normalized spacial score (nSPS) is 18.0. The van der Waals surface area contributed by atoms with Crippen LogP contribution in [0.1, 0.15) is 213 Å². The van der Waals surface area contributed by atoms with Crippen LogP contribution in [0.5, 0.6) is 0 Å². The number of unbranched alkanes of at least 4 members (excludes halogenated alkanes) is 19. The molecule has 2 saturated heterocycles. The Hall–Kier alpha value is -1.97. The van der Waals surface area contributed by atoms with Crippen molar-refractivity contribution in [2.75, 3.05) is 71.4 Å². The van der Waals surface area contributed by atoms with E-state index in [1.807, 2.05) is 11.8 Å². The van der Waals surface area contributed by atoms with Crippen molar-refractivity contribution < 1.29 is 43.2 Å². The predicted molar refractivity (Wildman–Crippen MR) is 268 cm³/mol. The molecule has 0 spiro atoms. The van der Waals surface area contributed by atoms with E-state index in [0.29, 0.717) is 76.2 Å². The van der Waals surface area contributed by atoms with Crippen LogP contribution in [-0.4, -0.2) is 134 Å². The molecule has 2 rings (SSSR count). The highest BCUT2D eigenvalue weighted by atomic mass is 32.2. The molecule has 0 amide bonds. The van der Waals surface area contributed by atoms with Gasteiger partial charge in [-0.05, 0) is 71.0 Å². The van der Waals surface area contributed by atoms with Gasteiger partial charge in [-0.1, -0.05) is 136 Å². The number of nitrogens with one attached hydrogen (secondary N) is 2. The first-order chi connectivity index (χ1) is 32.2. The highest BCUT2D eigenvalue weighted by Gasteiger charge is 2.42. The van der Waals surface area contributed by atoms with Crippen LogP contribution in [0.2, 0.25) is 0 Å². The standard InChI is InChI=1S/C52H98N4O9S/c1-4-7-10-13-17-24-41-63-48(58)31-37-55(34-23-16-20-27-40-62-47(57)30-22-21-29-46-51-45(44-66-46)53-52(61)54-51)35-28-36-56(38-32-49(59)64-42-25-18-14-11-8-5-2)39-33-50(60)65-43-26-19-15-12-9-6-3/h45-46,51-54,61H,4-44H2,1-3H3. The summed E-state index contributed by atoms with van der Waals surface area (Å²) in [6.45, 7) is 12.5. The summed E-state index contributed by atoms with van der Waals surface area (Å²) in [5, 5.41) is 16.7. The number of nitrogens with zero attached hydrogens (tertiary/aromatic N) is 2. The summed E-state index contributed by atoms with van der Waals surface area (Å²) in [4.78, 5) is 55.2. The first-order valence-corrected chi connectivity index (χ1v) is 28.2. The summed E-state index contributed by atoms with van der Waals surface area (Å²) in [6.07, 6.45) is 28.8. The van der Waals surface area contributed by atoms with Gasteiger partial charge in [0, 0.05) is 49.1 Å². The van der Waals surface area contributed by atoms with Gasteiger partial charge < -0.3 is 33.9 Å². The number of hydrogen-bond donors (Lipinski definition) is 3. The minimum absolute atomic E-state index is 0.123. The molecule has 4 unspecified atom stereocenters. The first-order valence-electron chi connectivity index (χ1n) is 27.1. The minimum Gasteiger partial charge on any atom is -0.466 e. The molecule has 14 heteroatoms. The molecule has 0 aliphatic carbocycles. The molecule has 3 N–H and O–H groups in total. The number of carbonyl (C=O) groups excluding carboxylic acids is 4. The van der Waals surface area contributed by atoms with Gasteiger partial charge in [0.15, 0.2) is 6.35 Å². The number of fused-ring (bicyclic) bond motifs is 1. The highest BCUT2D eigenvalue weighted by molar-refractivity contribution is 8.00. The maximum Gasteiger partial charge on any atom is 0.307 e. The van der Waals surface area contributed by atoms with Crippen LogP contribution >= 0.6 is 11.8 Å². The molecule has 0 saturated carbocycles. The smallest absolute Gasteiger partial charge is 0.307 e. The number of carbonyl (C=O) groups is 4. The molecule has 0 aromatic rings. The lowest BCUT2D eigenvalue weighted by Crippen LogP contribution is -2.37. The third-order valence-corrected chi connectivity index (χ3v) is 14.4. The van der Waals surface area contributed by atoms with Crippen LogP contribution in [0.3, 0.4) is 0 Å². The number of aliphatic hydroxyl groups excluding tert-OH is 1. The largest absolute Gasteiger partial charge is 0.466 e. The van der Waals surface area contributed by atoms with Crippen molar-refractivity contribution in [2.24, 2.45) is 0 Å². The maximum atomic E-state index is 12.8. The zero-order chi connectivity index (χ0) is 47.7. The lowest BCUT2D eigenvalue weighted by Gasteiger charge is -2.25. The van der Waals surface area contributed by atoms with Gasteiger partial charge in [-0.25, -0.2) is 0 Å². The predicted octanol–water partition coefficient (Wildman–Crippen LogP) is 9.85. The Kier molecular flexibility index (Phi) is 38.2. The van der Waals surface area contributed by atoms with E-state index in [2.05, 4.69) is 41.2 Å². The zero-order valence-electron chi connectivity index (χ0n) is 42.3. The Labute approximate surface area is 406 Å². The second-order valence-corrected chi connectivity index (χ2v) is 20.1. The van der Waals surface area contributed by atoms with Crippen molar-refractivity contribution in [3.8, 4) is 0 Å². The first kappa shape index (κ1) is 60.2. The number of esters is 4. The van der Waals surface area contributed by atoms with Gasteiger partial charge in [0.25, 0.3) is 0 Å². The number of aliphatic hydroxyl groups is 1. The summed E-state index contributed by atoms with van der Waals surface area (Å²) >= 11 is 1.94. The second kappa shape index (κ2) is 42.0. The van der Waals surface area contributed by atoms with Gasteiger partial charge in [0.2, 0.25) is 0 Å². The van der Waals surface area contributed by atoms with E-state index in [4.69, 9.17) is 18.9 Å². The third-order valence-electron chi connectivity index (χ3n) is 12.9. The number of ether oxygens (including phenoxy) is 4. The minimum atomic E-state index is -0.612. The molecule has 0 radical (unpaired) electrons. The van der Waals surface area contributed by atoms with Crippen molar-refractivity contribution in [3.05, 3.63) is 0 Å². The summed E-state index contributed by atoms with van der Waals surface area (Å²) in [7, 11) is 0. The molecule has 0 bridgehead atoms. The van der Waals surface area contributed by atoms with E-state index in [1.54, 1.807) is 0 Å². The van der Waals surface area contributed by atoms with Crippen molar-refractivity contribution in [2.45, 2.75) is 237 Å². The van der Waals surface area contributed by atoms with Crippen LogP contribution in [0.25, 0.3) is 0 Å². The number of hydrogen-bond acceptors (Lipinski definition) is 14. The number of rotatable bonds is 46. The molecule has 2 heterocycles.